The van der Waals surface area contributed by atoms with E-state index in [0.717, 1.165) is 29.1 Å². The van der Waals surface area contributed by atoms with E-state index in [9.17, 15) is 0 Å². The van der Waals surface area contributed by atoms with E-state index in [0.29, 0.717) is 0 Å². The Morgan fingerprint density at radius 1 is 1.39 bits per heavy atom. The fourth-order valence-electron chi connectivity index (χ4n) is 1.95. The summed E-state index contributed by atoms with van der Waals surface area (Å²) >= 11 is 0. The van der Waals surface area contributed by atoms with E-state index in [2.05, 4.69) is 11.5 Å². The Kier molecular flexibility index (Phi) is 4.02. The minimum atomic E-state index is 0.0366. The highest BCUT2D eigenvalue weighted by Crippen LogP contribution is 2.22. The number of nitrogens with one attached hydrogen (secondary N) is 1. The van der Waals surface area contributed by atoms with Gasteiger partial charge in [0, 0.05) is 5.56 Å². The minimum absolute atomic E-state index is 0.0366. The van der Waals surface area contributed by atoms with Crippen molar-refractivity contribution in [2.45, 2.75) is 19.4 Å². The second kappa shape index (κ2) is 5.71. The Labute approximate surface area is 107 Å². The number of ether oxygens (including phenoxy) is 1. The maximum Gasteiger partial charge on any atom is 0.119 e. The van der Waals surface area contributed by atoms with E-state index in [1.165, 1.54) is 0 Å². The first kappa shape index (κ1) is 12.7. The average Bonchev–Trinajstić information content (AvgIpc) is 2.82. The maximum atomic E-state index is 5.61. The van der Waals surface area contributed by atoms with Crippen LogP contribution in [0.1, 0.15) is 22.9 Å². The second-order valence-corrected chi connectivity index (χ2v) is 4.27. The molecule has 0 bridgehead atoms. The van der Waals surface area contributed by atoms with E-state index in [4.69, 9.17) is 15.0 Å². The SMILES string of the molecule is COc1cccc(CC(NN)c2coc(C)c2)c1. The number of aryl methyl sites for hydroxylation is 1. The molecular formula is C14H18N2O2. The van der Waals surface area contributed by atoms with Gasteiger partial charge in [0.15, 0.2) is 0 Å². The standard InChI is InChI=1S/C14H18N2O2/c1-10-6-12(9-18-10)14(16-15)8-11-4-3-5-13(7-11)17-2/h3-7,9,14,16H,8,15H2,1-2H3. The molecule has 2 aromatic rings. The molecule has 18 heavy (non-hydrogen) atoms. The number of nitrogens with two attached hydrogens (primary N) is 1. The first-order chi connectivity index (χ1) is 8.72. The molecule has 1 aromatic carbocycles. The summed E-state index contributed by atoms with van der Waals surface area (Å²) in [6.45, 7) is 1.92. The summed E-state index contributed by atoms with van der Waals surface area (Å²) in [5, 5.41) is 0. The van der Waals surface area contributed by atoms with Crippen molar-refractivity contribution >= 4 is 0 Å². The molecule has 1 unspecified atom stereocenters. The van der Waals surface area contributed by atoms with Gasteiger partial charge in [-0.25, -0.2) is 0 Å². The van der Waals surface area contributed by atoms with Crippen molar-refractivity contribution in [3.05, 3.63) is 53.5 Å². The summed E-state index contributed by atoms with van der Waals surface area (Å²) in [6.07, 6.45) is 2.52. The lowest BCUT2D eigenvalue weighted by atomic mass is 10.0. The van der Waals surface area contributed by atoms with E-state index >= 15 is 0 Å². The highest BCUT2D eigenvalue weighted by atomic mass is 16.5. The van der Waals surface area contributed by atoms with E-state index < -0.39 is 0 Å². The Balaban J connectivity index is 2.14. The van der Waals surface area contributed by atoms with Crippen LogP contribution in [-0.2, 0) is 6.42 Å². The molecule has 0 radical (unpaired) electrons. The molecule has 1 atom stereocenters. The Hall–Kier alpha value is -1.78. The zero-order valence-electron chi connectivity index (χ0n) is 10.6. The second-order valence-electron chi connectivity index (χ2n) is 4.27. The zero-order chi connectivity index (χ0) is 13.0. The lowest BCUT2D eigenvalue weighted by Gasteiger charge is -2.14. The van der Waals surface area contributed by atoms with Crippen LogP contribution >= 0.6 is 0 Å². The quantitative estimate of drug-likeness (QED) is 0.628. The molecule has 0 spiro atoms. The predicted molar refractivity (Wildman–Crippen MR) is 70.2 cm³/mol. The van der Waals surface area contributed by atoms with Crippen LogP contribution in [0.3, 0.4) is 0 Å². The molecule has 0 saturated heterocycles. The molecule has 96 valence electrons. The minimum Gasteiger partial charge on any atom is -0.497 e. The third-order valence-corrected chi connectivity index (χ3v) is 2.93. The van der Waals surface area contributed by atoms with Crippen molar-refractivity contribution in [1.82, 2.24) is 5.43 Å². The van der Waals surface area contributed by atoms with Crippen LogP contribution in [0, 0.1) is 6.92 Å². The lowest BCUT2D eigenvalue weighted by Crippen LogP contribution is -2.29. The first-order valence-electron chi connectivity index (χ1n) is 5.87. The van der Waals surface area contributed by atoms with Crippen molar-refractivity contribution in [3.8, 4) is 5.75 Å². The molecular weight excluding hydrogens is 228 g/mol. The van der Waals surface area contributed by atoms with Crippen LogP contribution in [0.5, 0.6) is 5.75 Å². The summed E-state index contributed by atoms with van der Waals surface area (Å²) in [5.74, 6) is 7.35. The van der Waals surface area contributed by atoms with E-state index in [1.807, 2.05) is 31.2 Å². The molecule has 0 aliphatic carbocycles. The van der Waals surface area contributed by atoms with Crippen LogP contribution in [0.15, 0.2) is 41.0 Å². The summed E-state index contributed by atoms with van der Waals surface area (Å²) in [4.78, 5) is 0. The summed E-state index contributed by atoms with van der Waals surface area (Å²) < 4.78 is 10.5. The zero-order valence-corrected chi connectivity index (χ0v) is 10.6. The largest absolute Gasteiger partial charge is 0.497 e. The Morgan fingerprint density at radius 3 is 2.83 bits per heavy atom. The molecule has 0 saturated carbocycles. The molecule has 3 N–H and O–H groups in total. The molecule has 0 amide bonds. The number of hydrogen-bond acceptors (Lipinski definition) is 4. The first-order valence-corrected chi connectivity index (χ1v) is 5.87. The number of hydrazine groups is 1. The number of methoxy groups -OCH3 is 1. The molecule has 4 nitrogen and oxygen atoms in total. The van der Waals surface area contributed by atoms with Crippen LogP contribution < -0.4 is 16.0 Å². The highest BCUT2D eigenvalue weighted by molar-refractivity contribution is 5.30. The number of rotatable bonds is 5. The number of benzene rings is 1. The van der Waals surface area contributed by atoms with E-state index in [-0.39, 0.29) is 6.04 Å². The summed E-state index contributed by atoms with van der Waals surface area (Å²) in [6, 6.07) is 10.00. The lowest BCUT2D eigenvalue weighted by molar-refractivity contribution is 0.413. The van der Waals surface area contributed by atoms with E-state index in [1.54, 1.807) is 13.4 Å². The fraction of sp³-hybridized carbons (Fsp3) is 0.286. The predicted octanol–water partition coefficient (Wildman–Crippen LogP) is 2.34. The van der Waals surface area contributed by atoms with Crippen LogP contribution in [-0.4, -0.2) is 7.11 Å². The Bertz CT molecular complexity index is 508. The molecule has 0 aliphatic heterocycles. The van der Waals surface area contributed by atoms with Crippen molar-refractivity contribution in [3.63, 3.8) is 0 Å². The van der Waals surface area contributed by atoms with Gasteiger partial charge in [0.1, 0.15) is 11.5 Å². The van der Waals surface area contributed by atoms with Crippen molar-refractivity contribution in [2.24, 2.45) is 5.84 Å². The maximum absolute atomic E-state index is 5.61. The van der Waals surface area contributed by atoms with Gasteiger partial charge in [0.25, 0.3) is 0 Å². The van der Waals surface area contributed by atoms with Gasteiger partial charge in [0.2, 0.25) is 0 Å². The van der Waals surface area contributed by atoms with Crippen molar-refractivity contribution in [1.29, 1.82) is 0 Å². The smallest absolute Gasteiger partial charge is 0.119 e. The van der Waals surface area contributed by atoms with Gasteiger partial charge in [-0.2, -0.15) is 0 Å². The van der Waals surface area contributed by atoms with Crippen molar-refractivity contribution in [2.75, 3.05) is 7.11 Å². The monoisotopic (exact) mass is 246 g/mol. The topological polar surface area (TPSA) is 60.4 Å². The van der Waals surface area contributed by atoms with Gasteiger partial charge in [-0.15, -0.1) is 0 Å². The number of hydrogen-bond donors (Lipinski definition) is 2. The van der Waals surface area contributed by atoms with Crippen LogP contribution in [0.4, 0.5) is 0 Å². The molecule has 2 rings (SSSR count). The molecule has 4 heteroatoms. The molecule has 0 fully saturated rings. The van der Waals surface area contributed by atoms with Crippen LogP contribution in [0.2, 0.25) is 0 Å². The fourth-order valence-corrected chi connectivity index (χ4v) is 1.95. The van der Waals surface area contributed by atoms with Gasteiger partial charge in [-0.1, -0.05) is 12.1 Å². The average molecular weight is 246 g/mol. The highest BCUT2D eigenvalue weighted by Gasteiger charge is 2.13. The summed E-state index contributed by atoms with van der Waals surface area (Å²) in [5.41, 5.74) is 5.03. The van der Waals surface area contributed by atoms with Gasteiger partial charge >= 0.3 is 0 Å². The van der Waals surface area contributed by atoms with Gasteiger partial charge in [-0.05, 0) is 37.1 Å². The van der Waals surface area contributed by atoms with Crippen LogP contribution in [0.25, 0.3) is 0 Å². The third-order valence-electron chi connectivity index (χ3n) is 2.93. The molecule has 1 heterocycles. The molecule has 1 aromatic heterocycles. The normalized spacial score (nSPS) is 12.4. The number of furan rings is 1. The third kappa shape index (κ3) is 2.91. The Morgan fingerprint density at radius 2 is 2.22 bits per heavy atom. The van der Waals surface area contributed by atoms with Gasteiger partial charge in [0.05, 0.1) is 19.4 Å². The van der Waals surface area contributed by atoms with Gasteiger partial charge < -0.3 is 9.15 Å². The van der Waals surface area contributed by atoms with Gasteiger partial charge in [-0.3, -0.25) is 11.3 Å². The summed E-state index contributed by atoms with van der Waals surface area (Å²) in [7, 11) is 1.66. The molecule has 0 aliphatic rings. The van der Waals surface area contributed by atoms with Crippen molar-refractivity contribution < 1.29 is 9.15 Å².